The molecule has 2 aliphatic heterocycles. The fourth-order valence-corrected chi connectivity index (χ4v) is 5.23. The van der Waals surface area contributed by atoms with Gasteiger partial charge in [-0.3, -0.25) is 0 Å². The third-order valence-corrected chi connectivity index (χ3v) is 7.42. The molecule has 2 aromatic rings. The van der Waals surface area contributed by atoms with E-state index in [1.807, 2.05) is 25.1 Å². The smallest absolute Gasteiger partial charge is 0.317 e. The number of carbonyl (C=O) groups is 1. The van der Waals surface area contributed by atoms with Gasteiger partial charge >= 0.3 is 6.03 Å². The van der Waals surface area contributed by atoms with Crippen molar-refractivity contribution in [3.05, 3.63) is 47.5 Å². The molecule has 0 spiro atoms. The number of carbonyl (C=O) groups excluding carboxylic acids is 1. The lowest BCUT2D eigenvalue weighted by Gasteiger charge is -2.34. The highest BCUT2D eigenvalue weighted by Crippen LogP contribution is 2.34. The number of rotatable bonds is 4. The largest absolute Gasteiger partial charge is 0.507 e. The Balaban J connectivity index is 1.37. The number of sulfonamides is 1. The number of ether oxygens (including phenoxy) is 2. The first-order chi connectivity index (χ1) is 14.8. The maximum absolute atomic E-state index is 12.9. The van der Waals surface area contributed by atoms with Crippen LogP contribution in [0.15, 0.2) is 41.3 Å². The molecule has 10 heteroatoms. The molecule has 0 aliphatic carbocycles. The molecule has 2 amide bonds. The summed E-state index contributed by atoms with van der Waals surface area (Å²) in [4.78, 5) is 14.2. The highest BCUT2D eigenvalue weighted by molar-refractivity contribution is 7.89. The van der Waals surface area contributed by atoms with Gasteiger partial charge in [0.05, 0.1) is 6.04 Å². The van der Waals surface area contributed by atoms with Gasteiger partial charge in [-0.2, -0.15) is 4.31 Å². The number of nitrogens with one attached hydrogen (secondary N) is 1. The van der Waals surface area contributed by atoms with Crippen LogP contribution in [0.3, 0.4) is 0 Å². The molecule has 166 valence electrons. The Bertz CT molecular complexity index is 1100. The lowest BCUT2D eigenvalue weighted by atomic mass is 10.1. The van der Waals surface area contributed by atoms with E-state index in [-0.39, 0.29) is 55.7 Å². The minimum Gasteiger partial charge on any atom is -0.507 e. The monoisotopic (exact) mass is 447 g/mol. The minimum atomic E-state index is -3.84. The summed E-state index contributed by atoms with van der Waals surface area (Å²) in [6.07, 6.45) is 0. The molecule has 4 rings (SSSR count). The lowest BCUT2D eigenvalue weighted by molar-refractivity contribution is 0.169. The van der Waals surface area contributed by atoms with E-state index in [1.54, 1.807) is 17.9 Å². The van der Waals surface area contributed by atoms with E-state index in [1.165, 1.54) is 16.4 Å². The van der Waals surface area contributed by atoms with Crippen molar-refractivity contribution in [2.24, 2.45) is 0 Å². The standard InChI is InChI=1S/C21H25N3O6S/c1-14-3-5-17(25)20(11-14)31(27,28)24-9-7-23(8-10-24)21(26)22-15(2)16-4-6-18-19(12-16)30-13-29-18/h3-6,11-12,15,25H,7-10,13H2,1-2H3,(H,22,26). The van der Waals surface area contributed by atoms with Gasteiger partial charge in [0.25, 0.3) is 0 Å². The SMILES string of the molecule is Cc1ccc(O)c(S(=O)(=O)N2CCN(C(=O)NC(C)c3ccc4c(c3)OCO4)CC2)c1. The molecule has 0 saturated carbocycles. The number of amides is 2. The summed E-state index contributed by atoms with van der Waals surface area (Å²) in [7, 11) is -3.84. The molecule has 0 bridgehead atoms. The van der Waals surface area contributed by atoms with Gasteiger partial charge < -0.3 is 24.8 Å². The second-order valence-corrected chi connectivity index (χ2v) is 9.55. The van der Waals surface area contributed by atoms with Gasteiger partial charge in [-0.25, -0.2) is 13.2 Å². The summed E-state index contributed by atoms with van der Waals surface area (Å²) in [6.45, 7) is 4.64. The topological polar surface area (TPSA) is 108 Å². The van der Waals surface area contributed by atoms with Gasteiger partial charge in [-0.1, -0.05) is 12.1 Å². The predicted octanol–water partition coefficient (Wildman–Crippen LogP) is 2.21. The Labute approximate surface area is 181 Å². The molecule has 1 atom stereocenters. The van der Waals surface area contributed by atoms with E-state index in [9.17, 15) is 18.3 Å². The van der Waals surface area contributed by atoms with Crippen molar-refractivity contribution in [3.8, 4) is 17.2 Å². The third-order valence-electron chi connectivity index (χ3n) is 5.50. The van der Waals surface area contributed by atoms with Crippen molar-refractivity contribution in [1.29, 1.82) is 0 Å². The number of fused-ring (bicyclic) bond motifs is 1. The number of benzene rings is 2. The van der Waals surface area contributed by atoms with E-state index in [0.717, 1.165) is 11.1 Å². The second kappa shape index (κ2) is 8.27. The fourth-order valence-electron chi connectivity index (χ4n) is 3.64. The van der Waals surface area contributed by atoms with Crippen molar-refractivity contribution in [3.63, 3.8) is 0 Å². The Hall–Kier alpha value is -2.98. The van der Waals surface area contributed by atoms with Gasteiger partial charge in [0.1, 0.15) is 10.6 Å². The minimum absolute atomic E-state index is 0.109. The van der Waals surface area contributed by atoms with Crippen LogP contribution in [0.4, 0.5) is 4.79 Å². The summed E-state index contributed by atoms with van der Waals surface area (Å²) in [5.74, 6) is 1.05. The maximum Gasteiger partial charge on any atom is 0.317 e. The Morgan fingerprint density at radius 2 is 1.77 bits per heavy atom. The lowest BCUT2D eigenvalue weighted by Crippen LogP contribution is -2.53. The molecule has 2 aliphatic rings. The molecule has 1 saturated heterocycles. The Morgan fingerprint density at radius 3 is 2.52 bits per heavy atom. The molecule has 2 aromatic carbocycles. The first-order valence-corrected chi connectivity index (χ1v) is 11.4. The average molecular weight is 448 g/mol. The highest BCUT2D eigenvalue weighted by atomic mass is 32.2. The van der Waals surface area contributed by atoms with E-state index < -0.39 is 10.0 Å². The quantitative estimate of drug-likeness (QED) is 0.744. The van der Waals surface area contributed by atoms with E-state index in [2.05, 4.69) is 5.32 Å². The second-order valence-electron chi connectivity index (χ2n) is 7.65. The van der Waals surface area contributed by atoms with Crippen molar-refractivity contribution in [2.45, 2.75) is 24.8 Å². The van der Waals surface area contributed by atoms with Crippen LogP contribution >= 0.6 is 0 Å². The number of urea groups is 1. The molecule has 31 heavy (non-hydrogen) atoms. The molecular weight excluding hydrogens is 422 g/mol. The highest BCUT2D eigenvalue weighted by Gasteiger charge is 2.32. The van der Waals surface area contributed by atoms with E-state index >= 15 is 0 Å². The molecule has 0 aromatic heterocycles. The molecule has 1 unspecified atom stereocenters. The van der Waals surface area contributed by atoms with Gasteiger partial charge in [-0.15, -0.1) is 0 Å². The number of aryl methyl sites for hydroxylation is 1. The van der Waals surface area contributed by atoms with Crippen LogP contribution in [0.2, 0.25) is 0 Å². The summed E-state index contributed by atoms with van der Waals surface area (Å²) < 4.78 is 37.8. The van der Waals surface area contributed by atoms with Crippen LogP contribution in [0.25, 0.3) is 0 Å². The average Bonchev–Trinajstić information content (AvgIpc) is 3.23. The van der Waals surface area contributed by atoms with E-state index in [0.29, 0.717) is 11.5 Å². The van der Waals surface area contributed by atoms with Crippen LogP contribution in [0, 0.1) is 6.92 Å². The van der Waals surface area contributed by atoms with Crippen LogP contribution in [0.5, 0.6) is 17.2 Å². The zero-order valence-corrected chi connectivity index (χ0v) is 18.2. The van der Waals surface area contributed by atoms with Crippen LogP contribution in [0.1, 0.15) is 24.1 Å². The summed E-state index contributed by atoms with van der Waals surface area (Å²) in [6, 6.07) is 9.49. The molecular formula is C21H25N3O6S. The molecule has 9 nitrogen and oxygen atoms in total. The van der Waals surface area contributed by atoms with Crippen LogP contribution < -0.4 is 14.8 Å². The Morgan fingerprint density at radius 1 is 1.06 bits per heavy atom. The van der Waals surface area contributed by atoms with Gasteiger partial charge in [0.15, 0.2) is 11.5 Å². The zero-order valence-electron chi connectivity index (χ0n) is 17.4. The Kier molecular flexibility index (Phi) is 5.67. The van der Waals surface area contributed by atoms with Gasteiger partial charge in [0.2, 0.25) is 16.8 Å². The molecule has 2 heterocycles. The number of phenolic OH excluding ortho intramolecular Hbond substituents is 1. The van der Waals surface area contributed by atoms with Gasteiger partial charge in [0, 0.05) is 26.2 Å². The van der Waals surface area contributed by atoms with E-state index in [4.69, 9.17) is 9.47 Å². The number of phenols is 1. The van der Waals surface area contributed by atoms with Gasteiger partial charge in [-0.05, 0) is 49.2 Å². The number of aromatic hydroxyl groups is 1. The first-order valence-electron chi connectivity index (χ1n) is 10.0. The number of nitrogens with zero attached hydrogens (tertiary/aromatic N) is 2. The van der Waals surface area contributed by atoms with Crippen molar-refractivity contribution >= 4 is 16.1 Å². The van der Waals surface area contributed by atoms with Crippen molar-refractivity contribution in [2.75, 3.05) is 33.0 Å². The number of hydrogen-bond donors (Lipinski definition) is 2. The normalized spacial score (nSPS) is 17.4. The fraction of sp³-hybridized carbons (Fsp3) is 0.381. The summed E-state index contributed by atoms with van der Waals surface area (Å²) in [5, 5.41) is 13.0. The first kappa shape index (κ1) is 21.3. The summed E-state index contributed by atoms with van der Waals surface area (Å²) >= 11 is 0. The number of piperazine rings is 1. The number of hydrogen-bond acceptors (Lipinski definition) is 6. The van der Waals surface area contributed by atoms with Crippen molar-refractivity contribution < 1.29 is 27.8 Å². The predicted molar refractivity (Wildman–Crippen MR) is 113 cm³/mol. The zero-order chi connectivity index (χ0) is 22.2. The van der Waals surface area contributed by atoms with Crippen molar-refractivity contribution in [1.82, 2.24) is 14.5 Å². The molecule has 0 radical (unpaired) electrons. The molecule has 1 fully saturated rings. The van der Waals surface area contributed by atoms with Crippen LogP contribution in [-0.2, 0) is 10.0 Å². The molecule has 2 N–H and O–H groups in total. The third kappa shape index (κ3) is 4.26. The van der Waals surface area contributed by atoms with Crippen LogP contribution in [-0.4, -0.2) is 61.7 Å². The maximum atomic E-state index is 12.9. The summed E-state index contributed by atoms with van der Waals surface area (Å²) in [5.41, 5.74) is 1.63.